The van der Waals surface area contributed by atoms with Crippen molar-refractivity contribution in [2.45, 2.75) is 26.2 Å². The number of nitrogens with one attached hydrogen (secondary N) is 1. The highest BCUT2D eigenvalue weighted by Gasteiger charge is 2.21. The minimum atomic E-state index is -2.86. The Kier molecular flexibility index (Phi) is 6.92. The van der Waals surface area contributed by atoms with Crippen LogP contribution >= 0.6 is 0 Å². The molecule has 0 radical (unpaired) electrons. The van der Waals surface area contributed by atoms with Gasteiger partial charge in [-0.3, -0.25) is 0 Å². The first kappa shape index (κ1) is 16.3. The van der Waals surface area contributed by atoms with Gasteiger partial charge in [0.05, 0.1) is 13.2 Å². The Bertz CT molecular complexity index is 313. The molecule has 0 aromatic rings. The quantitative estimate of drug-likeness (QED) is 0.433. The van der Waals surface area contributed by atoms with Gasteiger partial charge in [0.25, 0.3) is 0 Å². The van der Waals surface area contributed by atoms with E-state index in [4.69, 9.17) is 0 Å². The Balaban J connectivity index is 3.54. The zero-order valence-corrected chi connectivity index (χ0v) is 10.4. The van der Waals surface area contributed by atoms with Gasteiger partial charge in [0.15, 0.2) is 0 Å². The van der Waals surface area contributed by atoms with Crippen molar-refractivity contribution in [3.63, 3.8) is 0 Å². The summed E-state index contributed by atoms with van der Waals surface area (Å²) in [4.78, 5) is 21.9. The van der Waals surface area contributed by atoms with Crippen LogP contribution < -0.4 is 5.32 Å². The van der Waals surface area contributed by atoms with Crippen molar-refractivity contribution in [3.8, 4) is 0 Å². The molecule has 18 heavy (non-hydrogen) atoms. The summed E-state index contributed by atoms with van der Waals surface area (Å²) in [5.74, 6) is -3.42. The third-order valence-corrected chi connectivity index (χ3v) is 1.73. The SMILES string of the molecule is C=C(C)C(=O)OCCNC(=O)OCCC(C)(F)F. The maximum Gasteiger partial charge on any atom is 0.407 e. The molecule has 5 nitrogen and oxygen atoms in total. The number of halogens is 2. The molecule has 0 unspecified atom stereocenters. The standard InChI is InChI=1S/C11H17F2NO4/c1-8(2)9(15)17-7-5-14-10(16)18-6-4-11(3,12)13/h1,4-7H2,2-3H3,(H,14,16). The monoisotopic (exact) mass is 265 g/mol. The van der Waals surface area contributed by atoms with Crippen LogP contribution in [0.3, 0.4) is 0 Å². The van der Waals surface area contributed by atoms with E-state index in [-0.39, 0.29) is 25.3 Å². The second-order valence-electron chi connectivity index (χ2n) is 3.80. The first-order valence-electron chi connectivity index (χ1n) is 5.33. The zero-order valence-electron chi connectivity index (χ0n) is 10.4. The summed E-state index contributed by atoms with van der Waals surface area (Å²) in [5, 5.41) is 2.25. The third kappa shape index (κ3) is 9.56. The van der Waals surface area contributed by atoms with Crippen LogP contribution in [0.15, 0.2) is 12.2 Å². The molecule has 0 bridgehead atoms. The van der Waals surface area contributed by atoms with Gasteiger partial charge in [0.1, 0.15) is 6.61 Å². The van der Waals surface area contributed by atoms with Crippen LogP contribution in [0.1, 0.15) is 20.3 Å². The summed E-state index contributed by atoms with van der Waals surface area (Å²) >= 11 is 0. The largest absolute Gasteiger partial charge is 0.460 e. The average molecular weight is 265 g/mol. The highest BCUT2D eigenvalue weighted by molar-refractivity contribution is 5.86. The Labute approximate surface area is 104 Å². The summed E-state index contributed by atoms with van der Waals surface area (Å²) in [6.45, 7) is 5.24. The first-order chi connectivity index (χ1) is 8.22. The molecule has 0 aliphatic carbocycles. The van der Waals surface area contributed by atoms with Gasteiger partial charge in [-0.15, -0.1) is 0 Å². The van der Waals surface area contributed by atoms with Crippen molar-refractivity contribution < 1.29 is 27.8 Å². The Morgan fingerprint density at radius 1 is 1.28 bits per heavy atom. The summed E-state index contributed by atoms with van der Waals surface area (Å²) in [6.07, 6.45) is -1.36. The van der Waals surface area contributed by atoms with Gasteiger partial charge in [-0.05, 0) is 13.8 Å². The fourth-order valence-corrected chi connectivity index (χ4v) is 0.794. The lowest BCUT2D eigenvalue weighted by Gasteiger charge is -2.11. The van der Waals surface area contributed by atoms with Gasteiger partial charge in [-0.2, -0.15) is 0 Å². The number of alkyl carbamates (subject to hydrolysis) is 1. The molecule has 0 atom stereocenters. The van der Waals surface area contributed by atoms with Crippen LogP contribution in [0.5, 0.6) is 0 Å². The Morgan fingerprint density at radius 3 is 2.39 bits per heavy atom. The van der Waals surface area contributed by atoms with Crippen LogP contribution in [0, 0.1) is 0 Å². The number of carbonyl (C=O) groups excluding carboxylic acids is 2. The fraction of sp³-hybridized carbons (Fsp3) is 0.636. The number of alkyl halides is 2. The van der Waals surface area contributed by atoms with Gasteiger partial charge in [-0.1, -0.05) is 6.58 Å². The summed E-state index contributed by atoms with van der Waals surface area (Å²) in [5.41, 5.74) is 0.253. The number of esters is 1. The lowest BCUT2D eigenvalue weighted by Crippen LogP contribution is -2.29. The lowest BCUT2D eigenvalue weighted by molar-refractivity contribution is -0.138. The summed E-state index contributed by atoms with van der Waals surface area (Å²) in [6, 6.07) is 0. The average Bonchev–Trinajstić information content (AvgIpc) is 2.22. The lowest BCUT2D eigenvalue weighted by atomic mass is 10.3. The minimum Gasteiger partial charge on any atom is -0.460 e. The molecule has 0 aromatic heterocycles. The minimum absolute atomic E-state index is 0.0370. The Morgan fingerprint density at radius 2 is 1.89 bits per heavy atom. The molecule has 0 saturated heterocycles. The molecule has 0 aliphatic heterocycles. The molecule has 0 fully saturated rings. The van der Waals surface area contributed by atoms with E-state index in [1.807, 2.05) is 0 Å². The topological polar surface area (TPSA) is 64.6 Å². The Hall–Kier alpha value is -1.66. The molecule has 0 saturated carbocycles. The number of amides is 1. The molecular formula is C11H17F2NO4. The number of rotatable bonds is 7. The molecular weight excluding hydrogens is 248 g/mol. The van der Waals surface area contributed by atoms with Crippen LogP contribution in [0.2, 0.25) is 0 Å². The van der Waals surface area contributed by atoms with E-state index >= 15 is 0 Å². The summed E-state index contributed by atoms with van der Waals surface area (Å²) in [7, 11) is 0. The van der Waals surface area contributed by atoms with Gasteiger partial charge < -0.3 is 14.8 Å². The van der Waals surface area contributed by atoms with Crippen LogP contribution in [0.4, 0.5) is 13.6 Å². The van der Waals surface area contributed by atoms with Crippen molar-refractivity contribution in [1.29, 1.82) is 0 Å². The van der Waals surface area contributed by atoms with Crippen LogP contribution in [-0.2, 0) is 14.3 Å². The predicted molar refractivity (Wildman–Crippen MR) is 60.4 cm³/mol. The molecule has 7 heteroatoms. The van der Waals surface area contributed by atoms with Gasteiger partial charge in [0.2, 0.25) is 5.92 Å². The predicted octanol–water partition coefficient (Wildman–Crippen LogP) is 1.88. The van der Waals surface area contributed by atoms with Gasteiger partial charge in [-0.25, -0.2) is 18.4 Å². The molecule has 0 aliphatic rings. The van der Waals surface area contributed by atoms with E-state index in [0.29, 0.717) is 0 Å². The second-order valence-corrected chi connectivity index (χ2v) is 3.80. The van der Waals surface area contributed by atoms with E-state index in [1.165, 1.54) is 6.92 Å². The molecule has 1 amide bonds. The van der Waals surface area contributed by atoms with Crippen molar-refractivity contribution >= 4 is 12.1 Å². The maximum absolute atomic E-state index is 12.4. The number of carbonyl (C=O) groups is 2. The van der Waals surface area contributed by atoms with Gasteiger partial charge >= 0.3 is 12.1 Å². The normalized spacial score (nSPS) is 10.7. The van der Waals surface area contributed by atoms with E-state index in [9.17, 15) is 18.4 Å². The highest BCUT2D eigenvalue weighted by atomic mass is 19.3. The van der Waals surface area contributed by atoms with E-state index in [0.717, 1.165) is 6.92 Å². The van der Waals surface area contributed by atoms with Crippen LogP contribution in [-0.4, -0.2) is 37.7 Å². The van der Waals surface area contributed by atoms with Crippen molar-refractivity contribution in [2.75, 3.05) is 19.8 Å². The molecule has 104 valence electrons. The van der Waals surface area contributed by atoms with Crippen LogP contribution in [0.25, 0.3) is 0 Å². The fourth-order valence-electron chi connectivity index (χ4n) is 0.794. The smallest absolute Gasteiger partial charge is 0.407 e. The van der Waals surface area contributed by atoms with E-state index in [1.54, 1.807) is 0 Å². The molecule has 0 aromatic carbocycles. The summed E-state index contributed by atoms with van der Waals surface area (Å²) < 4.78 is 33.9. The van der Waals surface area contributed by atoms with Crippen molar-refractivity contribution in [1.82, 2.24) is 5.32 Å². The van der Waals surface area contributed by atoms with Gasteiger partial charge in [0, 0.05) is 12.0 Å². The number of hydrogen-bond acceptors (Lipinski definition) is 4. The van der Waals surface area contributed by atoms with E-state index < -0.39 is 24.4 Å². The van der Waals surface area contributed by atoms with E-state index in [2.05, 4.69) is 21.4 Å². The second kappa shape index (κ2) is 7.62. The molecule has 0 rings (SSSR count). The third-order valence-electron chi connectivity index (χ3n) is 1.73. The molecule has 1 N–H and O–H groups in total. The number of hydrogen-bond donors (Lipinski definition) is 1. The van der Waals surface area contributed by atoms with Crippen molar-refractivity contribution in [3.05, 3.63) is 12.2 Å². The van der Waals surface area contributed by atoms with Crippen molar-refractivity contribution in [2.24, 2.45) is 0 Å². The number of ether oxygens (including phenoxy) is 2. The molecule has 0 spiro atoms. The first-order valence-corrected chi connectivity index (χ1v) is 5.33. The highest BCUT2D eigenvalue weighted by Crippen LogP contribution is 2.15. The zero-order chi connectivity index (χ0) is 14.2. The maximum atomic E-state index is 12.4. The molecule has 0 heterocycles.